The summed E-state index contributed by atoms with van der Waals surface area (Å²) in [6.07, 6.45) is 0.0839. The van der Waals surface area contributed by atoms with E-state index in [2.05, 4.69) is 5.32 Å². The predicted octanol–water partition coefficient (Wildman–Crippen LogP) is 3.87. The molecular weight excluding hydrogens is 347 g/mol. The van der Waals surface area contributed by atoms with Crippen molar-refractivity contribution in [3.05, 3.63) is 53.3 Å². The average molecular weight is 365 g/mol. The molecule has 132 valence electrons. The van der Waals surface area contributed by atoms with Crippen molar-refractivity contribution < 1.29 is 18.7 Å². The number of amides is 2. The number of nitrogens with zero attached hydrogens (tertiary/aromatic N) is 1. The van der Waals surface area contributed by atoms with Gasteiger partial charge in [0.25, 0.3) is 0 Å². The highest BCUT2D eigenvalue weighted by Gasteiger charge is 2.15. The van der Waals surface area contributed by atoms with Gasteiger partial charge >= 0.3 is 0 Å². The van der Waals surface area contributed by atoms with E-state index in [4.69, 9.17) is 16.3 Å². The Bertz CT molecular complexity index is 765. The monoisotopic (exact) mass is 364 g/mol. The Labute approximate surface area is 150 Å². The number of halogens is 2. The molecule has 0 saturated carbocycles. The molecule has 0 saturated heterocycles. The Balaban J connectivity index is 1.99. The molecule has 2 aromatic carbocycles. The minimum atomic E-state index is -0.564. The lowest BCUT2D eigenvalue weighted by molar-refractivity contribution is -0.117. The van der Waals surface area contributed by atoms with Gasteiger partial charge in [-0.25, -0.2) is 4.39 Å². The van der Waals surface area contributed by atoms with Gasteiger partial charge < -0.3 is 15.0 Å². The molecule has 0 atom stereocenters. The second-order valence-electron chi connectivity index (χ2n) is 5.30. The van der Waals surface area contributed by atoms with Crippen LogP contribution in [0.1, 0.15) is 13.3 Å². The number of carbonyl (C=O) groups is 2. The number of nitrogens with one attached hydrogen (secondary N) is 1. The number of anilines is 2. The van der Waals surface area contributed by atoms with Gasteiger partial charge in [0, 0.05) is 31.3 Å². The third-order valence-electron chi connectivity index (χ3n) is 3.53. The fourth-order valence-corrected chi connectivity index (χ4v) is 2.41. The van der Waals surface area contributed by atoms with Gasteiger partial charge in [0.15, 0.2) is 0 Å². The molecule has 2 rings (SSSR count). The maximum Gasteiger partial charge on any atom is 0.226 e. The van der Waals surface area contributed by atoms with E-state index in [0.717, 1.165) is 0 Å². The van der Waals surface area contributed by atoms with Crippen LogP contribution in [0.25, 0.3) is 0 Å². The number of hydrogen-bond donors (Lipinski definition) is 1. The molecule has 0 aliphatic carbocycles. The number of carbonyl (C=O) groups excluding carboxylic acids is 2. The molecule has 0 aliphatic heterocycles. The summed E-state index contributed by atoms with van der Waals surface area (Å²) in [5.74, 6) is -0.385. The second-order valence-corrected chi connectivity index (χ2v) is 5.70. The summed E-state index contributed by atoms with van der Waals surface area (Å²) in [7, 11) is 1.56. The highest BCUT2D eigenvalue weighted by molar-refractivity contribution is 6.31. The summed E-state index contributed by atoms with van der Waals surface area (Å²) >= 11 is 5.75. The average Bonchev–Trinajstić information content (AvgIpc) is 2.58. The zero-order valence-electron chi connectivity index (χ0n) is 13.9. The molecule has 0 bridgehead atoms. The van der Waals surface area contributed by atoms with Gasteiger partial charge in [0.1, 0.15) is 11.6 Å². The van der Waals surface area contributed by atoms with Crippen LogP contribution in [0.5, 0.6) is 5.75 Å². The smallest absolute Gasteiger partial charge is 0.226 e. The predicted molar refractivity (Wildman–Crippen MR) is 95.7 cm³/mol. The summed E-state index contributed by atoms with van der Waals surface area (Å²) in [5.41, 5.74) is 1.07. The molecule has 7 heteroatoms. The van der Waals surface area contributed by atoms with Crippen molar-refractivity contribution in [2.24, 2.45) is 0 Å². The third-order valence-corrected chi connectivity index (χ3v) is 3.82. The molecule has 5 nitrogen and oxygen atoms in total. The van der Waals surface area contributed by atoms with E-state index < -0.39 is 5.82 Å². The summed E-state index contributed by atoms with van der Waals surface area (Å²) in [5, 5.41) is 2.66. The van der Waals surface area contributed by atoms with Gasteiger partial charge in [0.2, 0.25) is 11.8 Å². The zero-order valence-corrected chi connectivity index (χ0v) is 14.6. The van der Waals surface area contributed by atoms with Crippen LogP contribution in [0.3, 0.4) is 0 Å². The zero-order chi connectivity index (χ0) is 18.4. The van der Waals surface area contributed by atoms with E-state index in [1.165, 1.54) is 30.0 Å². The minimum Gasteiger partial charge on any atom is -0.497 e. The van der Waals surface area contributed by atoms with Gasteiger partial charge in [-0.2, -0.15) is 0 Å². The van der Waals surface area contributed by atoms with Gasteiger partial charge in [-0.15, -0.1) is 0 Å². The summed E-state index contributed by atoms with van der Waals surface area (Å²) < 4.78 is 18.3. The first kappa shape index (κ1) is 18.7. The van der Waals surface area contributed by atoms with Crippen LogP contribution < -0.4 is 15.0 Å². The molecule has 0 heterocycles. The molecule has 2 aromatic rings. The van der Waals surface area contributed by atoms with Crippen molar-refractivity contribution in [2.75, 3.05) is 23.9 Å². The van der Waals surface area contributed by atoms with Crippen molar-refractivity contribution >= 4 is 34.8 Å². The molecule has 0 aliphatic rings. The highest BCUT2D eigenvalue weighted by atomic mass is 35.5. The molecule has 1 N–H and O–H groups in total. The Morgan fingerprint density at radius 1 is 1.20 bits per heavy atom. The highest BCUT2D eigenvalue weighted by Crippen LogP contribution is 2.23. The Morgan fingerprint density at radius 3 is 2.44 bits per heavy atom. The first-order valence-electron chi connectivity index (χ1n) is 7.57. The summed E-state index contributed by atoms with van der Waals surface area (Å²) in [6.45, 7) is 1.53. The van der Waals surface area contributed by atoms with Gasteiger partial charge in [0.05, 0.1) is 12.1 Å². The van der Waals surface area contributed by atoms with Gasteiger partial charge in [-0.05, 0) is 42.5 Å². The van der Waals surface area contributed by atoms with Crippen LogP contribution >= 0.6 is 11.6 Å². The van der Waals surface area contributed by atoms with Crippen LogP contribution in [0.2, 0.25) is 5.02 Å². The Hall–Kier alpha value is -2.60. The van der Waals surface area contributed by atoms with Gasteiger partial charge in [-0.3, -0.25) is 9.59 Å². The topological polar surface area (TPSA) is 58.6 Å². The summed E-state index contributed by atoms with van der Waals surface area (Å²) in [4.78, 5) is 25.3. The van der Waals surface area contributed by atoms with Crippen LogP contribution in [0, 0.1) is 5.82 Å². The SMILES string of the molecule is COc1ccc(NC(=O)CCN(C(C)=O)c2ccc(F)c(Cl)c2)cc1. The van der Waals surface area contributed by atoms with E-state index in [-0.39, 0.29) is 29.8 Å². The Morgan fingerprint density at radius 2 is 1.88 bits per heavy atom. The van der Waals surface area contributed by atoms with Crippen molar-refractivity contribution in [1.29, 1.82) is 0 Å². The van der Waals surface area contributed by atoms with Crippen LogP contribution in [-0.2, 0) is 9.59 Å². The first-order valence-corrected chi connectivity index (χ1v) is 7.95. The second kappa shape index (κ2) is 8.48. The number of ether oxygens (including phenoxy) is 1. The van der Waals surface area contributed by atoms with Crippen molar-refractivity contribution in [3.8, 4) is 5.75 Å². The molecule has 25 heavy (non-hydrogen) atoms. The molecule has 0 fully saturated rings. The van der Waals surface area contributed by atoms with E-state index in [1.54, 1.807) is 31.4 Å². The number of rotatable bonds is 6. The lowest BCUT2D eigenvalue weighted by atomic mass is 10.2. The maximum atomic E-state index is 13.3. The van der Waals surface area contributed by atoms with Crippen LogP contribution in [-0.4, -0.2) is 25.5 Å². The lowest BCUT2D eigenvalue weighted by Gasteiger charge is -2.21. The number of methoxy groups -OCH3 is 1. The van der Waals surface area contributed by atoms with Gasteiger partial charge in [-0.1, -0.05) is 11.6 Å². The van der Waals surface area contributed by atoms with E-state index in [1.807, 2.05) is 0 Å². The van der Waals surface area contributed by atoms with E-state index in [9.17, 15) is 14.0 Å². The molecule has 0 aromatic heterocycles. The van der Waals surface area contributed by atoms with E-state index >= 15 is 0 Å². The molecular formula is C18H18ClFN2O3. The first-order chi connectivity index (χ1) is 11.9. The quantitative estimate of drug-likeness (QED) is 0.846. The molecule has 0 radical (unpaired) electrons. The standard InChI is InChI=1S/C18H18ClFN2O3/c1-12(23)22(14-5-8-17(20)16(19)11-14)10-9-18(24)21-13-3-6-15(25-2)7-4-13/h3-8,11H,9-10H2,1-2H3,(H,21,24). The molecule has 2 amide bonds. The van der Waals surface area contributed by atoms with Crippen molar-refractivity contribution in [1.82, 2.24) is 0 Å². The Kier molecular flexibility index (Phi) is 6.36. The number of benzene rings is 2. The third kappa shape index (κ3) is 5.19. The fraction of sp³-hybridized carbons (Fsp3) is 0.222. The largest absolute Gasteiger partial charge is 0.497 e. The van der Waals surface area contributed by atoms with Crippen LogP contribution in [0.4, 0.5) is 15.8 Å². The molecule has 0 spiro atoms. The summed E-state index contributed by atoms with van der Waals surface area (Å²) in [6, 6.07) is 10.9. The van der Waals surface area contributed by atoms with Crippen molar-refractivity contribution in [2.45, 2.75) is 13.3 Å². The minimum absolute atomic E-state index is 0.0774. The van der Waals surface area contributed by atoms with Crippen LogP contribution in [0.15, 0.2) is 42.5 Å². The fourth-order valence-electron chi connectivity index (χ4n) is 2.23. The number of hydrogen-bond acceptors (Lipinski definition) is 3. The van der Waals surface area contributed by atoms with Crippen molar-refractivity contribution in [3.63, 3.8) is 0 Å². The lowest BCUT2D eigenvalue weighted by Crippen LogP contribution is -2.32. The maximum absolute atomic E-state index is 13.3. The van der Waals surface area contributed by atoms with E-state index in [0.29, 0.717) is 17.1 Å². The molecule has 0 unspecified atom stereocenters. The normalized spacial score (nSPS) is 10.2.